The third-order valence-electron chi connectivity index (χ3n) is 4.17. The highest BCUT2D eigenvalue weighted by Gasteiger charge is 2.19. The minimum atomic E-state index is -0.709. The second-order valence-corrected chi connectivity index (χ2v) is 5.87. The molecule has 112 valence electrons. The summed E-state index contributed by atoms with van der Waals surface area (Å²) in [5.74, 6) is 0.847. The summed E-state index contributed by atoms with van der Waals surface area (Å²) in [7, 11) is 0. The van der Waals surface area contributed by atoms with E-state index in [1.807, 2.05) is 32.0 Å². The van der Waals surface area contributed by atoms with Gasteiger partial charge in [0.15, 0.2) is 0 Å². The lowest BCUT2D eigenvalue weighted by molar-refractivity contribution is 0.149. The normalized spacial score (nSPS) is 15.8. The number of hydrogen-bond donors (Lipinski definition) is 1. The van der Waals surface area contributed by atoms with Crippen molar-refractivity contribution in [3.63, 3.8) is 0 Å². The van der Waals surface area contributed by atoms with Gasteiger partial charge in [0.2, 0.25) is 0 Å². The molecule has 1 aliphatic rings. The summed E-state index contributed by atoms with van der Waals surface area (Å²) in [6, 6.07) is 5.99. The lowest BCUT2D eigenvalue weighted by atomic mass is 10.0. The first-order valence-corrected chi connectivity index (χ1v) is 7.48. The standard InChI is InChI=1S/C16H21N3O2/c1-11-6-7-12(2)13(9-11)14(20)10-19-16(21)18-8-4-3-5-15(18)17-19/h6-7,9,14,20H,3-5,8,10H2,1-2H3. The molecular weight excluding hydrogens is 266 g/mol. The van der Waals surface area contributed by atoms with Crippen molar-refractivity contribution >= 4 is 0 Å². The van der Waals surface area contributed by atoms with Crippen molar-refractivity contribution < 1.29 is 5.11 Å². The zero-order chi connectivity index (χ0) is 15.0. The van der Waals surface area contributed by atoms with Gasteiger partial charge in [-0.15, -0.1) is 0 Å². The Balaban J connectivity index is 1.88. The van der Waals surface area contributed by atoms with Gasteiger partial charge < -0.3 is 5.11 Å². The molecule has 5 heteroatoms. The SMILES string of the molecule is Cc1ccc(C)c(C(O)Cn2nc3n(c2=O)CCCC3)c1. The lowest BCUT2D eigenvalue weighted by Crippen LogP contribution is -2.28. The second kappa shape index (κ2) is 5.48. The molecule has 21 heavy (non-hydrogen) atoms. The van der Waals surface area contributed by atoms with Gasteiger partial charge in [0.1, 0.15) is 5.82 Å². The van der Waals surface area contributed by atoms with Crippen LogP contribution in [0.25, 0.3) is 0 Å². The summed E-state index contributed by atoms with van der Waals surface area (Å²) >= 11 is 0. The first-order valence-electron chi connectivity index (χ1n) is 7.48. The average Bonchev–Trinajstić information content (AvgIpc) is 2.78. The monoisotopic (exact) mass is 287 g/mol. The highest BCUT2D eigenvalue weighted by atomic mass is 16.3. The molecular formula is C16H21N3O2. The van der Waals surface area contributed by atoms with Crippen LogP contribution in [0.5, 0.6) is 0 Å². The van der Waals surface area contributed by atoms with Gasteiger partial charge >= 0.3 is 5.69 Å². The van der Waals surface area contributed by atoms with Gasteiger partial charge in [-0.2, -0.15) is 5.10 Å². The molecule has 3 rings (SSSR count). The maximum atomic E-state index is 12.3. The summed E-state index contributed by atoms with van der Waals surface area (Å²) in [6.07, 6.45) is 2.25. The second-order valence-electron chi connectivity index (χ2n) is 5.87. The molecule has 1 N–H and O–H groups in total. The van der Waals surface area contributed by atoms with Gasteiger partial charge in [0.25, 0.3) is 0 Å². The van der Waals surface area contributed by atoms with E-state index in [4.69, 9.17) is 0 Å². The van der Waals surface area contributed by atoms with E-state index < -0.39 is 6.10 Å². The molecule has 0 fully saturated rings. The molecule has 0 spiro atoms. The van der Waals surface area contributed by atoms with Crippen molar-refractivity contribution in [1.29, 1.82) is 0 Å². The topological polar surface area (TPSA) is 60.0 Å². The molecule has 0 aliphatic carbocycles. The predicted molar refractivity (Wildman–Crippen MR) is 80.3 cm³/mol. The van der Waals surface area contributed by atoms with Crippen LogP contribution in [-0.4, -0.2) is 19.5 Å². The minimum absolute atomic E-state index is 0.103. The number of aryl methyl sites for hydroxylation is 3. The van der Waals surface area contributed by atoms with E-state index in [1.165, 1.54) is 4.68 Å². The summed E-state index contributed by atoms with van der Waals surface area (Å²) in [4.78, 5) is 12.3. The molecule has 0 bridgehead atoms. The molecule has 1 aromatic carbocycles. The van der Waals surface area contributed by atoms with Gasteiger partial charge in [0, 0.05) is 13.0 Å². The van der Waals surface area contributed by atoms with Gasteiger partial charge in [0.05, 0.1) is 12.6 Å². The smallest absolute Gasteiger partial charge is 0.346 e. The molecule has 1 aromatic heterocycles. The number of hydrogen-bond acceptors (Lipinski definition) is 3. The highest BCUT2D eigenvalue weighted by molar-refractivity contribution is 5.32. The molecule has 1 atom stereocenters. The number of aliphatic hydroxyl groups is 1. The molecule has 1 aliphatic heterocycles. The van der Waals surface area contributed by atoms with Crippen molar-refractivity contribution in [3.8, 4) is 0 Å². The largest absolute Gasteiger partial charge is 0.386 e. The van der Waals surface area contributed by atoms with Crippen LogP contribution in [0.15, 0.2) is 23.0 Å². The molecule has 2 heterocycles. The number of rotatable bonds is 3. The summed E-state index contributed by atoms with van der Waals surface area (Å²) in [6.45, 7) is 4.92. The van der Waals surface area contributed by atoms with Crippen molar-refractivity contribution in [3.05, 3.63) is 51.2 Å². The summed E-state index contributed by atoms with van der Waals surface area (Å²) < 4.78 is 3.15. The molecule has 0 saturated heterocycles. The van der Waals surface area contributed by atoms with Gasteiger partial charge in [-0.05, 0) is 37.8 Å². The maximum absolute atomic E-state index is 12.3. The molecule has 0 saturated carbocycles. The van der Waals surface area contributed by atoms with Crippen LogP contribution >= 0.6 is 0 Å². The van der Waals surface area contributed by atoms with Crippen LogP contribution in [0.4, 0.5) is 0 Å². The van der Waals surface area contributed by atoms with Crippen LogP contribution in [0.2, 0.25) is 0 Å². The number of fused-ring (bicyclic) bond motifs is 1. The highest BCUT2D eigenvalue weighted by Crippen LogP contribution is 2.20. The van der Waals surface area contributed by atoms with Crippen LogP contribution < -0.4 is 5.69 Å². The maximum Gasteiger partial charge on any atom is 0.346 e. The summed E-state index contributed by atoms with van der Waals surface area (Å²) in [5, 5.41) is 14.8. The van der Waals surface area contributed by atoms with E-state index in [0.717, 1.165) is 48.3 Å². The van der Waals surface area contributed by atoms with Crippen molar-refractivity contribution in [2.24, 2.45) is 0 Å². The minimum Gasteiger partial charge on any atom is -0.386 e. The third kappa shape index (κ3) is 2.65. The van der Waals surface area contributed by atoms with E-state index in [0.29, 0.717) is 0 Å². The van der Waals surface area contributed by atoms with E-state index in [-0.39, 0.29) is 12.2 Å². The Bertz CT molecular complexity index is 715. The van der Waals surface area contributed by atoms with Crippen LogP contribution in [0, 0.1) is 13.8 Å². The van der Waals surface area contributed by atoms with Crippen LogP contribution in [0.1, 0.15) is 41.5 Å². The lowest BCUT2D eigenvalue weighted by Gasteiger charge is -2.14. The van der Waals surface area contributed by atoms with Crippen molar-refractivity contribution in [2.45, 2.75) is 52.3 Å². The Morgan fingerprint density at radius 3 is 2.90 bits per heavy atom. The zero-order valence-corrected chi connectivity index (χ0v) is 12.5. The Hall–Kier alpha value is -1.88. The van der Waals surface area contributed by atoms with E-state index >= 15 is 0 Å². The van der Waals surface area contributed by atoms with Gasteiger partial charge in [-0.25, -0.2) is 9.48 Å². The Morgan fingerprint density at radius 2 is 2.14 bits per heavy atom. The summed E-state index contributed by atoms with van der Waals surface area (Å²) in [5.41, 5.74) is 2.90. The van der Waals surface area contributed by atoms with Gasteiger partial charge in [-0.3, -0.25) is 4.57 Å². The molecule has 0 amide bonds. The Morgan fingerprint density at radius 1 is 1.33 bits per heavy atom. The molecule has 2 aromatic rings. The third-order valence-corrected chi connectivity index (χ3v) is 4.17. The molecule has 5 nitrogen and oxygen atoms in total. The van der Waals surface area contributed by atoms with Crippen LogP contribution in [-0.2, 0) is 19.5 Å². The van der Waals surface area contributed by atoms with Crippen LogP contribution in [0.3, 0.4) is 0 Å². The van der Waals surface area contributed by atoms with Crippen molar-refractivity contribution in [1.82, 2.24) is 14.3 Å². The average molecular weight is 287 g/mol. The Kier molecular flexibility index (Phi) is 3.68. The first kappa shape index (κ1) is 14.1. The fraction of sp³-hybridized carbons (Fsp3) is 0.500. The molecule has 1 unspecified atom stereocenters. The van der Waals surface area contributed by atoms with E-state index in [1.54, 1.807) is 4.57 Å². The van der Waals surface area contributed by atoms with Crippen molar-refractivity contribution in [2.75, 3.05) is 0 Å². The number of aromatic nitrogens is 3. The first-order chi connectivity index (χ1) is 10.1. The fourth-order valence-electron chi connectivity index (χ4n) is 2.95. The number of aliphatic hydroxyl groups excluding tert-OH is 1. The van der Waals surface area contributed by atoms with E-state index in [9.17, 15) is 9.90 Å². The van der Waals surface area contributed by atoms with E-state index in [2.05, 4.69) is 5.10 Å². The fourth-order valence-corrected chi connectivity index (χ4v) is 2.95. The predicted octanol–water partition coefficient (Wildman–Crippen LogP) is 1.73. The molecule has 0 radical (unpaired) electrons. The quantitative estimate of drug-likeness (QED) is 0.935. The zero-order valence-electron chi connectivity index (χ0n) is 12.5. The number of benzene rings is 1. The Labute approximate surface area is 123 Å². The van der Waals surface area contributed by atoms with Gasteiger partial charge in [-0.1, -0.05) is 23.8 Å². The number of nitrogens with zero attached hydrogens (tertiary/aromatic N) is 3.